The molecule has 3 heterocycles. The van der Waals surface area contributed by atoms with Gasteiger partial charge < -0.3 is 20.9 Å². The highest BCUT2D eigenvalue weighted by Crippen LogP contribution is 2.25. The van der Waals surface area contributed by atoms with E-state index < -0.39 is 0 Å². The Morgan fingerprint density at radius 3 is 2.63 bits per heavy atom. The highest BCUT2D eigenvalue weighted by molar-refractivity contribution is 5.93. The average molecular weight is 409 g/mol. The van der Waals surface area contributed by atoms with Gasteiger partial charge in [0.1, 0.15) is 17.7 Å². The summed E-state index contributed by atoms with van der Waals surface area (Å²) in [6.45, 7) is 2.45. The quantitative estimate of drug-likeness (QED) is 0.606. The standard InChI is InChI=1S/C21H28N8O/c1-29(2)14-21(30)27-18-12-26-19(28-20-13-24-17(10-22)11-25-20)9-16(18)4-3-15-5-7-23-8-6-15/h9,11-13,15,23H,3-8,14H2,1-2H3,(H,27,30)(H,25,26,28). The molecule has 1 amide bonds. The molecule has 1 fully saturated rings. The van der Waals surface area contributed by atoms with Crippen molar-refractivity contribution in [2.45, 2.75) is 25.7 Å². The molecule has 0 aliphatic carbocycles. The van der Waals surface area contributed by atoms with E-state index in [1.165, 1.54) is 25.2 Å². The van der Waals surface area contributed by atoms with E-state index in [4.69, 9.17) is 5.26 Å². The maximum atomic E-state index is 12.3. The lowest BCUT2D eigenvalue weighted by Crippen LogP contribution is -2.28. The first kappa shape index (κ1) is 21.6. The normalized spacial score (nSPS) is 14.3. The van der Waals surface area contributed by atoms with Crippen LogP contribution in [0.3, 0.4) is 0 Å². The lowest BCUT2D eigenvalue weighted by atomic mass is 9.91. The molecular formula is C21H28N8O. The predicted octanol–water partition coefficient (Wildman–Crippen LogP) is 1.92. The van der Waals surface area contributed by atoms with E-state index >= 15 is 0 Å². The molecule has 2 aromatic rings. The number of carbonyl (C=O) groups is 1. The number of aryl methyl sites for hydroxylation is 1. The Morgan fingerprint density at radius 1 is 1.20 bits per heavy atom. The van der Waals surface area contributed by atoms with E-state index in [2.05, 4.69) is 30.9 Å². The topological polar surface area (TPSA) is 119 Å². The van der Waals surface area contributed by atoms with Crippen LogP contribution in [0.5, 0.6) is 0 Å². The van der Waals surface area contributed by atoms with Crippen molar-refractivity contribution < 1.29 is 4.79 Å². The van der Waals surface area contributed by atoms with Gasteiger partial charge in [-0.15, -0.1) is 0 Å². The van der Waals surface area contributed by atoms with Gasteiger partial charge >= 0.3 is 0 Å². The number of pyridine rings is 1. The molecule has 0 spiro atoms. The minimum absolute atomic E-state index is 0.0661. The Kier molecular flexibility index (Phi) is 7.65. The number of hydrogen-bond acceptors (Lipinski definition) is 8. The Morgan fingerprint density at radius 2 is 1.97 bits per heavy atom. The molecule has 1 saturated heterocycles. The number of carbonyl (C=O) groups excluding carboxylic acids is 1. The first-order valence-electron chi connectivity index (χ1n) is 10.2. The molecule has 3 rings (SSSR count). The summed E-state index contributed by atoms with van der Waals surface area (Å²) >= 11 is 0. The number of nitrogens with one attached hydrogen (secondary N) is 3. The SMILES string of the molecule is CN(C)CC(=O)Nc1cnc(Nc2cnc(C#N)cn2)cc1CCC1CCNCC1. The van der Waals surface area contributed by atoms with Gasteiger partial charge in [0.05, 0.1) is 30.8 Å². The van der Waals surface area contributed by atoms with E-state index in [-0.39, 0.29) is 11.6 Å². The third-order valence-electron chi connectivity index (χ3n) is 5.03. The summed E-state index contributed by atoms with van der Waals surface area (Å²) in [6.07, 6.45) is 8.89. The molecule has 1 aliphatic heterocycles. The molecular weight excluding hydrogens is 380 g/mol. The summed E-state index contributed by atoms with van der Waals surface area (Å²) in [5.41, 5.74) is 2.04. The van der Waals surface area contributed by atoms with Crippen LogP contribution in [0.2, 0.25) is 0 Å². The van der Waals surface area contributed by atoms with Crippen molar-refractivity contribution in [1.29, 1.82) is 5.26 Å². The van der Waals surface area contributed by atoms with Crippen LogP contribution in [-0.4, -0.2) is 59.5 Å². The zero-order valence-electron chi connectivity index (χ0n) is 17.5. The van der Waals surface area contributed by atoms with Gasteiger partial charge in [-0.3, -0.25) is 4.79 Å². The van der Waals surface area contributed by atoms with E-state index in [1.54, 1.807) is 6.20 Å². The van der Waals surface area contributed by atoms with Gasteiger partial charge in [0.15, 0.2) is 5.69 Å². The van der Waals surface area contributed by atoms with E-state index in [0.29, 0.717) is 24.1 Å². The molecule has 0 unspecified atom stereocenters. The molecule has 2 aromatic heterocycles. The first-order valence-corrected chi connectivity index (χ1v) is 10.2. The second kappa shape index (κ2) is 10.6. The summed E-state index contributed by atoms with van der Waals surface area (Å²) < 4.78 is 0. The number of hydrogen-bond donors (Lipinski definition) is 3. The van der Waals surface area contributed by atoms with E-state index in [1.807, 2.05) is 31.1 Å². The Hall–Kier alpha value is -3.09. The monoisotopic (exact) mass is 408 g/mol. The zero-order chi connectivity index (χ0) is 21.3. The summed E-state index contributed by atoms with van der Waals surface area (Å²) in [4.78, 5) is 26.7. The van der Waals surface area contributed by atoms with Crippen LogP contribution >= 0.6 is 0 Å². The fraction of sp³-hybridized carbons (Fsp3) is 0.476. The van der Waals surface area contributed by atoms with Gasteiger partial charge in [0.2, 0.25) is 5.91 Å². The maximum Gasteiger partial charge on any atom is 0.238 e. The molecule has 0 aromatic carbocycles. The molecule has 9 nitrogen and oxygen atoms in total. The number of likely N-dealkylation sites (N-methyl/N-ethyl adjacent to an activating group) is 1. The minimum atomic E-state index is -0.0661. The molecule has 3 N–H and O–H groups in total. The summed E-state index contributed by atoms with van der Waals surface area (Å²) in [5, 5.41) is 18.4. The number of anilines is 3. The second-order valence-corrected chi connectivity index (χ2v) is 7.77. The van der Waals surface area contributed by atoms with Crippen LogP contribution in [0.4, 0.5) is 17.3 Å². The van der Waals surface area contributed by atoms with Gasteiger partial charge in [-0.05, 0) is 70.4 Å². The maximum absolute atomic E-state index is 12.3. The number of piperidine rings is 1. The van der Waals surface area contributed by atoms with Gasteiger partial charge in [0.25, 0.3) is 0 Å². The largest absolute Gasteiger partial charge is 0.324 e. The van der Waals surface area contributed by atoms with Crippen molar-refractivity contribution in [3.05, 3.63) is 35.9 Å². The Balaban J connectivity index is 1.75. The molecule has 30 heavy (non-hydrogen) atoms. The molecule has 9 heteroatoms. The summed E-state index contributed by atoms with van der Waals surface area (Å²) in [5.74, 6) is 1.75. The van der Waals surface area contributed by atoms with Gasteiger partial charge in [-0.25, -0.2) is 15.0 Å². The Bertz CT molecular complexity index is 885. The number of nitrogens with zero attached hydrogens (tertiary/aromatic N) is 5. The predicted molar refractivity (Wildman–Crippen MR) is 115 cm³/mol. The minimum Gasteiger partial charge on any atom is -0.324 e. The summed E-state index contributed by atoms with van der Waals surface area (Å²) in [6, 6.07) is 3.90. The lowest BCUT2D eigenvalue weighted by Gasteiger charge is -2.23. The van der Waals surface area contributed by atoms with E-state index in [9.17, 15) is 4.79 Å². The zero-order valence-corrected chi connectivity index (χ0v) is 17.5. The molecule has 0 bridgehead atoms. The van der Waals surface area contributed by atoms with Crippen LogP contribution in [-0.2, 0) is 11.2 Å². The molecule has 0 saturated carbocycles. The van der Waals surface area contributed by atoms with Crippen LogP contribution in [0.1, 0.15) is 30.5 Å². The summed E-state index contributed by atoms with van der Waals surface area (Å²) in [7, 11) is 3.73. The third kappa shape index (κ3) is 6.47. The third-order valence-corrected chi connectivity index (χ3v) is 5.03. The van der Waals surface area contributed by atoms with Crippen molar-refractivity contribution in [2.75, 3.05) is 44.4 Å². The highest BCUT2D eigenvalue weighted by atomic mass is 16.2. The van der Waals surface area contributed by atoms with Gasteiger partial charge in [0, 0.05) is 0 Å². The van der Waals surface area contributed by atoms with Crippen LogP contribution in [0.15, 0.2) is 24.7 Å². The highest BCUT2D eigenvalue weighted by Gasteiger charge is 2.16. The van der Waals surface area contributed by atoms with E-state index in [0.717, 1.165) is 37.2 Å². The fourth-order valence-corrected chi connectivity index (χ4v) is 3.47. The molecule has 0 radical (unpaired) electrons. The average Bonchev–Trinajstić information content (AvgIpc) is 2.74. The van der Waals surface area contributed by atoms with Crippen LogP contribution in [0, 0.1) is 17.2 Å². The molecule has 1 aliphatic rings. The van der Waals surface area contributed by atoms with Crippen molar-refractivity contribution >= 4 is 23.2 Å². The molecule has 158 valence electrons. The number of amides is 1. The second-order valence-electron chi connectivity index (χ2n) is 7.77. The van der Waals surface area contributed by atoms with Crippen molar-refractivity contribution in [1.82, 2.24) is 25.2 Å². The van der Waals surface area contributed by atoms with Gasteiger partial charge in [-0.1, -0.05) is 0 Å². The number of rotatable bonds is 8. The van der Waals surface area contributed by atoms with Crippen LogP contribution in [0.25, 0.3) is 0 Å². The first-order chi connectivity index (χ1) is 14.5. The lowest BCUT2D eigenvalue weighted by molar-refractivity contribution is -0.116. The van der Waals surface area contributed by atoms with Crippen LogP contribution < -0.4 is 16.0 Å². The van der Waals surface area contributed by atoms with Crippen molar-refractivity contribution in [3.63, 3.8) is 0 Å². The van der Waals surface area contributed by atoms with Crippen molar-refractivity contribution in [3.8, 4) is 6.07 Å². The fourth-order valence-electron chi connectivity index (χ4n) is 3.47. The number of aromatic nitrogens is 3. The van der Waals surface area contributed by atoms with Gasteiger partial charge in [-0.2, -0.15) is 5.26 Å². The molecule has 0 atom stereocenters. The van der Waals surface area contributed by atoms with Crippen molar-refractivity contribution in [2.24, 2.45) is 5.92 Å². The number of nitriles is 1. The smallest absolute Gasteiger partial charge is 0.238 e. The Labute approximate surface area is 176 Å².